The highest BCUT2D eigenvalue weighted by molar-refractivity contribution is 6.02. The van der Waals surface area contributed by atoms with E-state index >= 15 is 0 Å². The summed E-state index contributed by atoms with van der Waals surface area (Å²) in [6, 6.07) is 0. The average molecular weight is 513 g/mol. The van der Waals surface area contributed by atoms with Gasteiger partial charge in [-0.1, -0.05) is 13.8 Å². The van der Waals surface area contributed by atoms with Gasteiger partial charge in [-0.15, -0.1) is 10.1 Å². The fourth-order valence-corrected chi connectivity index (χ4v) is 2.99. The van der Waals surface area contributed by atoms with Crippen LogP contribution < -0.4 is 0 Å². The van der Waals surface area contributed by atoms with E-state index < -0.39 is 35.6 Å². The third kappa shape index (κ3) is 9.74. The maximum absolute atomic E-state index is 11.8. The SMILES string of the molecule is C/C(=C\OCC(C)(C)COCCC(=O)ON1C(=O)CCC1=O)COCCC(=O)ON1C(=O)CCC1=O. The predicted molar refractivity (Wildman–Crippen MR) is 119 cm³/mol. The van der Waals surface area contributed by atoms with Crippen LogP contribution >= 0.6 is 0 Å². The number of carbonyl (C=O) groups excluding carboxylic acids is 6. The fraction of sp³-hybridized carbons (Fsp3) is 0.652. The van der Waals surface area contributed by atoms with Gasteiger partial charge in [0.2, 0.25) is 0 Å². The Balaban J connectivity index is 1.54. The summed E-state index contributed by atoms with van der Waals surface area (Å²) in [5.74, 6) is -3.58. The minimum absolute atomic E-state index is 0.0371. The first-order chi connectivity index (χ1) is 17.0. The van der Waals surface area contributed by atoms with E-state index in [1.54, 1.807) is 6.92 Å². The molecule has 200 valence electrons. The number of hydrogen-bond acceptors (Lipinski definition) is 11. The van der Waals surface area contributed by atoms with E-state index in [0.29, 0.717) is 16.7 Å². The summed E-state index contributed by atoms with van der Waals surface area (Å²) in [5, 5.41) is 1.00. The molecule has 0 aliphatic carbocycles. The number of amides is 4. The van der Waals surface area contributed by atoms with Gasteiger partial charge in [-0.2, -0.15) is 0 Å². The molecule has 0 aromatic rings. The Morgan fingerprint density at radius 2 is 1.22 bits per heavy atom. The highest BCUT2D eigenvalue weighted by atomic mass is 16.7. The van der Waals surface area contributed by atoms with Crippen LogP contribution in [-0.2, 0) is 52.7 Å². The molecule has 2 aliphatic rings. The van der Waals surface area contributed by atoms with Crippen molar-refractivity contribution in [3.05, 3.63) is 11.8 Å². The van der Waals surface area contributed by atoms with Crippen LogP contribution in [0.1, 0.15) is 59.3 Å². The zero-order valence-electron chi connectivity index (χ0n) is 20.7. The van der Waals surface area contributed by atoms with Crippen molar-refractivity contribution < 1.29 is 52.7 Å². The van der Waals surface area contributed by atoms with Crippen molar-refractivity contribution in [3.8, 4) is 0 Å². The van der Waals surface area contributed by atoms with Crippen LogP contribution in [-0.4, -0.2) is 78.7 Å². The topological polar surface area (TPSA) is 155 Å². The summed E-state index contributed by atoms with van der Waals surface area (Å²) in [6.07, 6.45) is 1.46. The molecule has 2 rings (SSSR count). The number of hydrogen-bond donors (Lipinski definition) is 0. The van der Waals surface area contributed by atoms with Crippen LogP contribution in [0.3, 0.4) is 0 Å². The third-order valence-corrected chi connectivity index (χ3v) is 4.88. The molecule has 4 amide bonds. The number of imide groups is 2. The maximum Gasteiger partial charge on any atom is 0.335 e. The predicted octanol–water partition coefficient (Wildman–Crippen LogP) is 0.961. The van der Waals surface area contributed by atoms with E-state index in [1.807, 2.05) is 13.8 Å². The Bertz CT molecular complexity index is 864. The minimum Gasteiger partial charge on any atom is -0.501 e. The van der Waals surface area contributed by atoms with Crippen molar-refractivity contribution in [1.82, 2.24) is 10.1 Å². The summed E-state index contributed by atoms with van der Waals surface area (Å²) in [7, 11) is 0. The lowest BCUT2D eigenvalue weighted by atomic mass is 9.96. The lowest BCUT2D eigenvalue weighted by molar-refractivity contribution is -0.198. The quantitative estimate of drug-likeness (QED) is 0.175. The van der Waals surface area contributed by atoms with Crippen LogP contribution in [0.2, 0.25) is 0 Å². The van der Waals surface area contributed by atoms with E-state index in [0.717, 1.165) is 5.57 Å². The highest BCUT2D eigenvalue weighted by Crippen LogP contribution is 2.17. The molecule has 0 spiro atoms. The van der Waals surface area contributed by atoms with Gasteiger partial charge in [0.1, 0.15) is 0 Å². The van der Waals surface area contributed by atoms with Crippen molar-refractivity contribution in [2.45, 2.75) is 59.3 Å². The molecule has 0 aromatic heterocycles. The summed E-state index contributed by atoms with van der Waals surface area (Å²) in [6.45, 7) is 6.51. The Kier molecular flexibility index (Phi) is 11.0. The molecule has 0 aromatic carbocycles. The summed E-state index contributed by atoms with van der Waals surface area (Å²) in [4.78, 5) is 78.7. The highest BCUT2D eigenvalue weighted by Gasteiger charge is 2.33. The Morgan fingerprint density at radius 3 is 1.69 bits per heavy atom. The van der Waals surface area contributed by atoms with Gasteiger partial charge in [-0.3, -0.25) is 19.2 Å². The van der Waals surface area contributed by atoms with Crippen molar-refractivity contribution in [3.63, 3.8) is 0 Å². The summed E-state index contributed by atoms with van der Waals surface area (Å²) >= 11 is 0. The molecule has 0 atom stereocenters. The average Bonchev–Trinajstić information content (AvgIpc) is 3.29. The summed E-state index contributed by atoms with van der Waals surface area (Å²) in [5.41, 5.74) is 0.384. The molecule has 2 aliphatic heterocycles. The minimum atomic E-state index is -0.732. The molecule has 0 saturated carbocycles. The molecule has 0 N–H and O–H groups in total. The van der Waals surface area contributed by atoms with E-state index in [-0.39, 0.29) is 70.4 Å². The zero-order chi connectivity index (χ0) is 26.7. The largest absolute Gasteiger partial charge is 0.501 e. The molecule has 0 radical (unpaired) electrons. The normalized spacial score (nSPS) is 16.7. The van der Waals surface area contributed by atoms with Crippen molar-refractivity contribution in [2.75, 3.05) is 33.0 Å². The maximum atomic E-state index is 11.8. The second-order valence-electron chi connectivity index (χ2n) is 9.13. The Hall–Kier alpha value is -3.32. The van der Waals surface area contributed by atoms with Gasteiger partial charge in [0, 0.05) is 31.1 Å². The Morgan fingerprint density at radius 1 is 0.778 bits per heavy atom. The number of rotatable bonds is 15. The van der Waals surface area contributed by atoms with Crippen molar-refractivity contribution in [1.29, 1.82) is 0 Å². The molecule has 0 unspecified atom stereocenters. The first-order valence-corrected chi connectivity index (χ1v) is 11.5. The summed E-state index contributed by atoms with van der Waals surface area (Å²) < 4.78 is 16.5. The van der Waals surface area contributed by atoms with Crippen LogP contribution in [0.25, 0.3) is 0 Å². The first kappa shape index (κ1) is 28.9. The van der Waals surface area contributed by atoms with Gasteiger partial charge in [-0.25, -0.2) is 9.59 Å². The van der Waals surface area contributed by atoms with Crippen LogP contribution in [0.15, 0.2) is 11.8 Å². The van der Waals surface area contributed by atoms with E-state index in [9.17, 15) is 28.8 Å². The monoisotopic (exact) mass is 512 g/mol. The lowest BCUT2D eigenvalue weighted by Gasteiger charge is -2.23. The zero-order valence-corrected chi connectivity index (χ0v) is 20.7. The van der Waals surface area contributed by atoms with Crippen LogP contribution in [0.4, 0.5) is 0 Å². The number of hydroxylamine groups is 4. The molecule has 0 bridgehead atoms. The van der Waals surface area contributed by atoms with E-state index in [2.05, 4.69) is 0 Å². The van der Waals surface area contributed by atoms with Crippen LogP contribution in [0, 0.1) is 5.41 Å². The van der Waals surface area contributed by atoms with E-state index in [4.69, 9.17) is 23.9 Å². The molecule has 13 heteroatoms. The van der Waals surface area contributed by atoms with Gasteiger partial charge in [-0.05, 0) is 12.5 Å². The van der Waals surface area contributed by atoms with Gasteiger partial charge >= 0.3 is 11.9 Å². The molecular weight excluding hydrogens is 480 g/mol. The third-order valence-electron chi connectivity index (χ3n) is 4.88. The number of ether oxygens (including phenoxy) is 3. The second kappa shape index (κ2) is 13.7. The standard InChI is InChI=1S/C23H32N2O11/c1-16(12-32-10-8-21(30)35-24-17(26)4-5-18(24)27)13-34-15-23(2,3)14-33-11-9-22(31)36-25-19(28)6-7-20(25)29/h13H,4-12,14-15H2,1-3H3/b16-13+. The van der Waals surface area contributed by atoms with Crippen LogP contribution in [0.5, 0.6) is 0 Å². The van der Waals surface area contributed by atoms with Gasteiger partial charge in [0.15, 0.2) is 0 Å². The van der Waals surface area contributed by atoms with E-state index in [1.165, 1.54) is 6.26 Å². The molecule has 36 heavy (non-hydrogen) atoms. The Labute approximate surface area is 208 Å². The lowest BCUT2D eigenvalue weighted by Crippen LogP contribution is -2.32. The van der Waals surface area contributed by atoms with Gasteiger partial charge in [0.05, 0.1) is 52.1 Å². The second-order valence-corrected chi connectivity index (χ2v) is 9.13. The number of nitrogens with zero attached hydrogens (tertiary/aromatic N) is 2. The number of carbonyl (C=O) groups is 6. The molecule has 2 saturated heterocycles. The van der Waals surface area contributed by atoms with Gasteiger partial charge < -0.3 is 23.9 Å². The molecule has 2 fully saturated rings. The fourth-order valence-electron chi connectivity index (χ4n) is 2.99. The van der Waals surface area contributed by atoms with Crippen molar-refractivity contribution in [2.24, 2.45) is 5.41 Å². The smallest absolute Gasteiger partial charge is 0.335 e. The van der Waals surface area contributed by atoms with Crippen molar-refractivity contribution >= 4 is 35.6 Å². The first-order valence-electron chi connectivity index (χ1n) is 11.5. The van der Waals surface area contributed by atoms with Gasteiger partial charge in [0.25, 0.3) is 23.6 Å². The molecule has 2 heterocycles. The molecular formula is C23H32N2O11. The molecule has 13 nitrogen and oxygen atoms in total.